The van der Waals surface area contributed by atoms with Crippen LogP contribution in [0.2, 0.25) is 0 Å². The summed E-state index contributed by atoms with van der Waals surface area (Å²) in [4.78, 5) is 0. The van der Waals surface area contributed by atoms with Crippen LogP contribution in [0.15, 0.2) is 24.3 Å². The highest BCUT2D eigenvalue weighted by Crippen LogP contribution is 2.30. The van der Waals surface area contributed by atoms with Gasteiger partial charge in [0.15, 0.2) is 0 Å². The standard InChI is InChI=1S/C14H16O/c1-9-5-6-12-11(3)14(15-4)8-10(2)13(12)7-9/h5-8H,1-4H3. The van der Waals surface area contributed by atoms with Gasteiger partial charge in [0.1, 0.15) is 5.75 Å². The SMILES string of the molecule is COc1cc(C)c2cc(C)ccc2c1C. The zero-order valence-electron chi connectivity index (χ0n) is 9.72. The van der Waals surface area contributed by atoms with Gasteiger partial charge in [-0.2, -0.15) is 0 Å². The lowest BCUT2D eigenvalue weighted by Gasteiger charge is -2.11. The van der Waals surface area contributed by atoms with Gasteiger partial charge in [0.25, 0.3) is 0 Å². The van der Waals surface area contributed by atoms with Crippen molar-refractivity contribution < 1.29 is 4.74 Å². The molecule has 78 valence electrons. The maximum absolute atomic E-state index is 5.36. The number of rotatable bonds is 1. The van der Waals surface area contributed by atoms with Gasteiger partial charge < -0.3 is 4.74 Å². The monoisotopic (exact) mass is 200 g/mol. The van der Waals surface area contributed by atoms with E-state index in [1.54, 1.807) is 7.11 Å². The Morgan fingerprint density at radius 2 is 1.67 bits per heavy atom. The largest absolute Gasteiger partial charge is 0.496 e. The highest BCUT2D eigenvalue weighted by molar-refractivity contribution is 5.90. The molecule has 0 heterocycles. The van der Waals surface area contributed by atoms with E-state index in [-0.39, 0.29) is 0 Å². The first-order valence-electron chi connectivity index (χ1n) is 5.18. The first kappa shape index (κ1) is 10.0. The zero-order chi connectivity index (χ0) is 11.0. The molecule has 15 heavy (non-hydrogen) atoms. The minimum absolute atomic E-state index is 0.976. The lowest BCUT2D eigenvalue weighted by atomic mass is 9.98. The van der Waals surface area contributed by atoms with Gasteiger partial charge in [0, 0.05) is 0 Å². The summed E-state index contributed by atoms with van der Waals surface area (Å²) >= 11 is 0. The second kappa shape index (κ2) is 3.58. The molecule has 0 saturated carbocycles. The van der Waals surface area contributed by atoms with E-state index in [4.69, 9.17) is 4.74 Å². The lowest BCUT2D eigenvalue weighted by Crippen LogP contribution is -1.91. The Morgan fingerprint density at radius 3 is 2.33 bits per heavy atom. The van der Waals surface area contributed by atoms with Crippen LogP contribution in [0, 0.1) is 20.8 Å². The van der Waals surface area contributed by atoms with Crippen LogP contribution in [-0.2, 0) is 0 Å². The lowest BCUT2D eigenvalue weighted by molar-refractivity contribution is 0.412. The highest BCUT2D eigenvalue weighted by atomic mass is 16.5. The Hall–Kier alpha value is -1.50. The molecule has 0 atom stereocenters. The predicted octanol–water partition coefficient (Wildman–Crippen LogP) is 3.77. The molecule has 0 amide bonds. The molecule has 0 fully saturated rings. The molecule has 0 bridgehead atoms. The van der Waals surface area contributed by atoms with Crippen molar-refractivity contribution in [1.29, 1.82) is 0 Å². The zero-order valence-corrected chi connectivity index (χ0v) is 9.72. The van der Waals surface area contributed by atoms with Crippen LogP contribution in [-0.4, -0.2) is 7.11 Å². The van der Waals surface area contributed by atoms with Crippen molar-refractivity contribution in [2.75, 3.05) is 7.11 Å². The van der Waals surface area contributed by atoms with E-state index >= 15 is 0 Å². The van der Waals surface area contributed by atoms with Crippen LogP contribution in [0.1, 0.15) is 16.7 Å². The molecule has 2 aromatic carbocycles. The molecule has 0 aliphatic carbocycles. The van der Waals surface area contributed by atoms with Crippen molar-refractivity contribution in [3.8, 4) is 5.75 Å². The van der Waals surface area contributed by atoms with Gasteiger partial charge >= 0.3 is 0 Å². The van der Waals surface area contributed by atoms with Crippen LogP contribution in [0.3, 0.4) is 0 Å². The molecule has 2 aromatic rings. The summed E-state index contributed by atoms with van der Waals surface area (Å²) in [6.45, 7) is 6.36. The maximum atomic E-state index is 5.36. The van der Waals surface area contributed by atoms with Gasteiger partial charge in [-0.25, -0.2) is 0 Å². The van der Waals surface area contributed by atoms with Gasteiger partial charge in [-0.05, 0) is 48.7 Å². The maximum Gasteiger partial charge on any atom is 0.122 e. The topological polar surface area (TPSA) is 9.23 Å². The van der Waals surface area contributed by atoms with Gasteiger partial charge in [-0.15, -0.1) is 0 Å². The average molecular weight is 200 g/mol. The molecule has 0 unspecified atom stereocenters. The Kier molecular flexibility index (Phi) is 2.39. The third kappa shape index (κ3) is 1.58. The minimum Gasteiger partial charge on any atom is -0.496 e. The smallest absolute Gasteiger partial charge is 0.122 e. The normalized spacial score (nSPS) is 10.7. The van der Waals surface area contributed by atoms with Crippen LogP contribution >= 0.6 is 0 Å². The molecular formula is C14H16O. The number of ether oxygens (including phenoxy) is 1. The molecule has 0 aliphatic heterocycles. The Morgan fingerprint density at radius 1 is 0.933 bits per heavy atom. The summed E-state index contributed by atoms with van der Waals surface area (Å²) in [5, 5.41) is 2.62. The van der Waals surface area contributed by atoms with E-state index in [9.17, 15) is 0 Å². The fourth-order valence-corrected chi connectivity index (χ4v) is 2.04. The van der Waals surface area contributed by atoms with Gasteiger partial charge in [-0.1, -0.05) is 23.8 Å². The number of hydrogen-bond acceptors (Lipinski definition) is 1. The fraction of sp³-hybridized carbons (Fsp3) is 0.286. The average Bonchev–Trinajstić information content (AvgIpc) is 2.23. The first-order valence-corrected chi connectivity index (χ1v) is 5.18. The van der Waals surface area contributed by atoms with E-state index in [1.807, 2.05) is 0 Å². The number of hydrogen-bond donors (Lipinski definition) is 0. The molecule has 2 rings (SSSR count). The number of fused-ring (bicyclic) bond motifs is 1. The quantitative estimate of drug-likeness (QED) is 0.680. The summed E-state index contributed by atoms with van der Waals surface area (Å²) in [5.74, 6) is 0.976. The summed E-state index contributed by atoms with van der Waals surface area (Å²) in [6.07, 6.45) is 0. The Balaban J connectivity index is 2.87. The predicted molar refractivity (Wildman–Crippen MR) is 64.7 cm³/mol. The third-order valence-electron chi connectivity index (χ3n) is 2.94. The molecule has 0 spiro atoms. The van der Waals surface area contributed by atoms with Crippen molar-refractivity contribution in [1.82, 2.24) is 0 Å². The van der Waals surface area contributed by atoms with Crippen molar-refractivity contribution in [2.45, 2.75) is 20.8 Å². The van der Waals surface area contributed by atoms with Crippen molar-refractivity contribution in [3.05, 3.63) is 41.0 Å². The van der Waals surface area contributed by atoms with E-state index in [0.29, 0.717) is 0 Å². The molecule has 0 aromatic heterocycles. The second-order valence-electron chi connectivity index (χ2n) is 4.07. The summed E-state index contributed by atoms with van der Waals surface area (Å²) in [7, 11) is 1.72. The number of methoxy groups -OCH3 is 1. The van der Waals surface area contributed by atoms with Gasteiger partial charge in [-0.3, -0.25) is 0 Å². The molecule has 0 aliphatic rings. The van der Waals surface area contributed by atoms with Crippen molar-refractivity contribution >= 4 is 10.8 Å². The second-order valence-corrected chi connectivity index (χ2v) is 4.07. The van der Waals surface area contributed by atoms with Crippen LogP contribution in [0.5, 0.6) is 5.75 Å². The summed E-state index contributed by atoms with van der Waals surface area (Å²) < 4.78 is 5.36. The number of benzene rings is 2. The highest BCUT2D eigenvalue weighted by Gasteiger charge is 2.06. The van der Waals surface area contributed by atoms with E-state index in [2.05, 4.69) is 45.0 Å². The van der Waals surface area contributed by atoms with Crippen molar-refractivity contribution in [3.63, 3.8) is 0 Å². The Labute approximate surface area is 90.7 Å². The minimum atomic E-state index is 0.976. The van der Waals surface area contributed by atoms with E-state index in [0.717, 1.165) is 5.75 Å². The molecule has 1 nitrogen and oxygen atoms in total. The van der Waals surface area contributed by atoms with Crippen LogP contribution in [0.25, 0.3) is 10.8 Å². The summed E-state index contributed by atoms with van der Waals surface area (Å²) in [6, 6.07) is 8.66. The Bertz CT molecular complexity index is 512. The molecule has 0 saturated heterocycles. The molecule has 1 heteroatoms. The van der Waals surface area contributed by atoms with Crippen LogP contribution < -0.4 is 4.74 Å². The van der Waals surface area contributed by atoms with E-state index in [1.165, 1.54) is 27.5 Å². The van der Waals surface area contributed by atoms with E-state index < -0.39 is 0 Å². The first-order chi connectivity index (χ1) is 7.13. The van der Waals surface area contributed by atoms with Crippen LogP contribution in [0.4, 0.5) is 0 Å². The molecular weight excluding hydrogens is 184 g/mol. The van der Waals surface area contributed by atoms with Gasteiger partial charge in [0.2, 0.25) is 0 Å². The molecule has 0 N–H and O–H groups in total. The third-order valence-corrected chi connectivity index (χ3v) is 2.94. The fourth-order valence-electron chi connectivity index (χ4n) is 2.04. The van der Waals surface area contributed by atoms with Gasteiger partial charge in [0.05, 0.1) is 7.11 Å². The number of aryl methyl sites for hydroxylation is 3. The van der Waals surface area contributed by atoms with Crippen molar-refractivity contribution in [2.24, 2.45) is 0 Å². The summed E-state index contributed by atoms with van der Waals surface area (Å²) in [5.41, 5.74) is 3.80. The molecule has 0 radical (unpaired) electrons.